The zero-order valence-electron chi connectivity index (χ0n) is 32.6. The van der Waals surface area contributed by atoms with Crippen molar-refractivity contribution in [3.05, 3.63) is 0 Å². The third-order valence-electron chi connectivity index (χ3n) is 8.79. The Morgan fingerprint density at radius 2 is 0.739 bits per heavy atom. The summed E-state index contributed by atoms with van der Waals surface area (Å²) in [7, 11) is 0. The first-order valence-corrected chi connectivity index (χ1v) is 44.2. The summed E-state index contributed by atoms with van der Waals surface area (Å²) in [5.74, 6) is -0.459. The molecule has 10 heteroatoms. The van der Waals surface area contributed by atoms with Crippen LogP contribution in [-0.2, 0) is 18.6 Å². The molecule has 0 aromatic rings. The summed E-state index contributed by atoms with van der Waals surface area (Å²) in [5, 5.41) is 0. The van der Waals surface area contributed by atoms with Gasteiger partial charge >= 0.3 is 317 Å². The van der Waals surface area contributed by atoms with Gasteiger partial charge in [0.1, 0.15) is 0 Å². The number of unbranched alkanes of at least 4 members (excludes halogenated alkanes) is 8. The maximum atomic E-state index is 12.0. The SMILES string of the molecule is CCC[CH2][SnH2][O][Sn]([CH2]CCC)([CH2]CCC)[CH2]CCC.CCC[CH2][Sn]([CH2]CCC)([O]C(C)=O)[O][Sn]([CH2]CCC)([CH2]CCC)[O]C(C)=O. The molecule has 0 saturated carbocycles. The number of hydrogen-bond acceptors (Lipinski definition) is 6. The molecule has 0 spiro atoms. The Morgan fingerprint density at radius 1 is 0.457 bits per heavy atom. The Hall–Kier alpha value is 2.05. The zero-order valence-corrected chi connectivity index (χ0v) is 45.2. The van der Waals surface area contributed by atoms with Crippen LogP contribution in [0.4, 0.5) is 0 Å². The van der Waals surface area contributed by atoms with Crippen molar-refractivity contribution in [2.24, 2.45) is 0 Å². The minimum absolute atomic E-state index is 0.230. The molecule has 0 unspecified atom stereocenters. The van der Waals surface area contributed by atoms with Gasteiger partial charge in [-0.3, -0.25) is 0 Å². The number of carbonyl (C=O) groups is 2. The van der Waals surface area contributed by atoms with Crippen LogP contribution in [-0.4, -0.2) is 90.7 Å². The van der Waals surface area contributed by atoms with Crippen LogP contribution in [0.25, 0.3) is 0 Å². The van der Waals surface area contributed by atoms with E-state index in [-0.39, 0.29) is 11.9 Å². The van der Waals surface area contributed by atoms with Crippen LogP contribution in [0.15, 0.2) is 0 Å². The van der Waals surface area contributed by atoms with E-state index in [4.69, 9.17) is 8.97 Å². The number of carbonyl (C=O) groups excluding carboxylic acids is 2. The van der Waals surface area contributed by atoms with Gasteiger partial charge in [0.2, 0.25) is 0 Å². The molecule has 0 aromatic heterocycles. The van der Waals surface area contributed by atoms with E-state index in [1.807, 2.05) is 0 Å². The van der Waals surface area contributed by atoms with Crippen LogP contribution in [0.2, 0.25) is 35.5 Å². The number of rotatable bonds is 30. The van der Waals surface area contributed by atoms with Gasteiger partial charge in [-0.15, -0.1) is 0 Å². The van der Waals surface area contributed by atoms with Crippen LogP contribution in [0.5, 0.6) is 0 Å². The van der Waals surface area contributed by atoms with Gasteiger partial charge in [0, 0.05) is 0 Å². The molecule has 0 aromatic carbocycles. The second kappa shape index (κ2) is 32.9. The van der Waals surface area contributed by atoms with Gasteiger partial charge in [-0.25, -0.2) is 0 Å². The normalized spacial score (nSPS) is 12.3. The van der Waals surface area contributed by atoms with Crippen molar-refractivity contribution in [1.29, 1.82) is 0 Å². The van der Waals surface area contributed by atoms with E-state index >= 15 is 0 Å². The van der Waals surface area contributed by atoms with E-state index in [0.717, 1.165) is 69.1 Å². The molecule has 0 rings (SSSR count). The van der Waals surface area contributed by atoms with Crippen molar-refractivity contribution in [2.75, 3.05) is 0 Å². The molecule has 0 heterocycles. The Morgan fingerprint density at radius 3 is 1.00 bits per heavy atom. The molecule has 6 nitrogen and oxygen atoms in total. The van der Waals surface area contributed by atoms with Gasteiger partial charge in [-0.05, 0) is 0 Å². The molecule has 0 amide bonds. The topological polar surface area (TPSA) is 71.1 Å². The van der Waals surface area contributed by atoms with Crippen molar-refractivity contribution >= 4 is 90.7 Å². The van der Waals surface area contributed by atoms with Crippen molar-refractivity contribution in [3.63, 3.8) is 0 Å². The molecule has 0 fully saturated rings. The molecule has 0 aliphatic carbocycles. The molecule has 46 heavy (non-hydrogen) atoms. The summed E-state index contributed by atoms with van der Waals surface area (Å²) in [5.41, 5.74) is 0. The maximum absolute atomic E-state index is 12.0. The molecular weight excluding hydrogens is 1000 g/mol. The first kappa shape index (κ1) is 50.2. The minimum atomic E-state index is -3.66. The summed E-state index contributed by atoms with van der Waals surface area (Å²) >= 11 is -10.3. The van der Waals surface area contributed by atoms with Crippen molar-refractivity contribution in [1.82, 2.24) is 0 Å². The molecule has 0 N–H and O–H groups in total. The number of hydrogen-bond donors (Lipinski definition) is 0. The van der Waals surface area contributed by atoms with E-state index < -0.39 is 78.8 Å². The van der Waals surface area contributed by atoms with Crippen molar-refractivity contribution in [2.45, 2.75) is 207 Å². The summed E-state index contributed by atoms with van der Waals surface area (Å²) in [6, 6.07) is 0. The van der Waals surface area contributed by atoms with Gasteiger partial charge < -0.3 is 0 Å². The molecule has 0 radical (unpaired) electrons. The van der Waals surface area contributed by atoms with Crippen molar-refractivity contribution < 1.29 is 18.6 Å². The van der Waals surface area contributed by atoms with Crippen LogP contribution in [0, 0.1) is 0 Å². The molecule has 0 bridgehead atoms. The Balaban J connectivity index is 0. The predicted molar refractivity (Wildman–Crippen MR) is 209 cm³/mol. The van der Waals surface area contributed by atoms with E-state index in [2.05, 4.69) is 55.4 Å². The molecule has 0 aliphatic heterocycles. The fourth-order valence-corrected chi connectivity index (χ4v) is 82.5. The average molecular weight is 1080 g/mol. The Kier molecular flexibility index (Phi) is 35.9. The van der Waals surface area contributed by atoms with E-state index in [1.54, 1.807) is 0 Å². The molecule has 276 valence electrons. The van der Waals surface area contributed by atoms with E-state index in [9.17, 15) is 9.59 Å². The second-order valence-electron chi connectivity index (χ2n) is 13.6. The second-order valence-corrected chi connectivity index (χ2v) is 55.9. The summed E-state index contributed by atoms with van der Waals surface area (Å²) < 4.78 is 35.6. The first-order valence-electron chi connectivity index (χ1n) is 19.8. The van der Waals surface area contributed by atoms with Crippen LogP contribution >= 0.6 is 0 Å². The molecule has 0 aliphatic rings. The Bertz CT molecular complexity index is 649. The zero-order chi connectivity index (χ0) is 35.2. The first-order chi connectivity index (χ1) is 22.0. The van der Waals surface area contributed by atoms with E-state index in [0.29, 0.717) is 0 Å². The molecule has 0 saturated heterocycles. The van der Waals surface area contributed by atoms with Crippen molar-refractivity contribution in [3.8, 4) is 0 Å². The molecule has 0 atom stereocenters. The Labute approximate surface area is 313 Å². The standard InChI is InChI=1S/8C4H9.2C2H4O2.2O.4Sn.2H/c8*1-3-4-2;2*1-2(3)4;;;;;;;;/h8*1,3-4H2,2H3;2*1H3,(H,3,4);;;;;;;;/q;;;;;;;;;;;;;;2*+1;;/p-2. The predicted octanol–water partition coefficient (Wildman–Crippen LogP) is 11.9. The van der Waals surface area contributed by atoms with Crippen LogP contribution in [0.3, 0.4) is 0 Å². The monoisotopic (exact) mass is 1090 g/mol. The summed E-state index contributed by atoms with van der Waals surface area (Å²) in [6.07, 6.45) is 19.5. The average Bonchev–Trinajstić information content (AvgIpc) is 3.03. The van der Waals surface area contributed by atoms with Gasteiger partial charge in [0.05, 0.1) is 0 Å². The van der Waals surface area contributed by atoms with E-state index in [1.165, 1.54) is 83.0 Å². The third-order valence-corrected chi connectivity index (χ3v) is 72.7. The van der Waals surface area contributed by atoms with Gasteiger partial charge in [-0.2, -0.15) is 0 Å². The summed E-state index contributed by atoms with van der Waals surface area (Å²) in [6.45, 7) is 20.9. The van der Waals surface area contributed by atoms with Gasteiger partial charge in [0.25, 0.3) is 0 Å². The summed E-state index contributed by atoms with van der Waals surface area (Å²) in [4.78, 5) is 24.0. The fourth-order valence-electron chi connectivity index (χ4n) is 6.08. The van der Waals surface area contributed by atoms with Crippen LogP contribution < -0.4 is 0 Å². The quantitative estimate of drug-likeness (QED) is 0.0527. The van der Waals surface area contributed by atoms with Gasteiger partial charge in [0.15, 0.2) is 0 Å². The van der Waals surface area contributed by atoms with Crippen LogP contribution in [0.1, 0.15) is 172 Å². The molecular formula is C36H80O6Sn4. The van der Waals surface area contributed by atoms with Gasteiger partial charge in [-0.1, -0.05) is 0 Å². The fraction of sp³-hybridized carbons (Fsp3) is 0.944. The third kappa shape index (κ3) is 25.9.